The van der Waals surface area contributed by atoms with Crippen LogP contribution in [0, 0.1) is 12.8 Å². The third-order valence-electron chi connectivity index (χ3n) is 5.75. The smallest absolute Gasteiger partial charge is 0.327 e. The van der Waals surface area contributed by atoms with Gasteiger partial charge in [0.15, 0.2) is 5.82 Å². The van der Waals surface area contributed by atoms with E-state index in [1.165, 1.54) is 11.1 Å². The van der Waals surface area contributed by atoms with Gasteiger partial charge in [-0.05, 0) is 48.6 Å². The van der Waals surface area contributed by atoms with Crippen LogP contribution in [0.25, 0.3) is 0 Å². The summed E-state index contributed by atoms with van der Waals surface area (Å²) in [6.45, 7) is 3.95. The molecule has 31 heavy (non-hydrogen) atoms. The van der Waals surface area contributed by atoms with Gasteiger partial charge >= 0.3 is 11.9 Å². The molecule has 1 aromatic heterocycles. The fourth-order valence-electron chi connectivity index (χ4n) is 4.32. The number of carboxylic acid groups (broad SMARTS) is 1. The van der Waals surface area contributed by atoms with E-state index < -0.39 is 18.0 Å². The fraction of sp³-hybridized carbons (Fsp3) is 0.591. The molecule has 0 aliphatic heterocycles. The van der Waals surface area contributed by atoms with Gasteiger partial charge in [0.05, 0.1) is 19.1 Å². The number of tetrazole rings is 1. The van der Waals surface area contributed by atoms with Crippen molar-refractivity contribution in [3.63, 3.8) is 0 Å². The lowest BCUT2D eigenvalue weighted by atomic mass is 9.82. The number of ether oxygens (including phenoxy) is 1. The number of carbonyl (C=O) groups is 2. The number of nitrogens with zero attached hydrogens (tertiary/aromatic N) is 4. The zero-order chi connectivity index (χ0) is 22.2. The molecule has 0 bridgehead atoms. The van der Waals surface area contributed by atoms with Crippen molar-refractivity contribution in [2.24, 2.45) is 5.92 Å². The first-order valence-electron chi connectivity index (χ1n) is 10.9. The molecular weight excluding hydrogens is 398 g/mol. The maximum atomic E-state index is 12.1. The van der Waals surface area contributed by atoms with E-state index in [1.54, 1.807) is 6.92 Å². The Bertz CT molecular complexity index is 878. The number of rotatable bonds is 10. The van der Waals surface area contributed by atoms with Gasteiger partial charge in [0.25, 0.3) is 0 Å². The number of benzene rings is 1. The standard InChI is InChI=1S/C22H31N5O4/c1-3-31-20(30)14-27-22(24-25-26-27)21(16-9-5-4-6-10-16)23-18(13-19(28)29)17-11-7-8-15(2)12-17/h7-8,11-12,16,18,21,23H,3-6,9-10,13-14H2,1-2H3,(H,28,29). The average molecular weight is 430 g/mol. The highest BCUT2D eigenvalue weighted by molar-refractivity contribution is 5.69. The number of nitrogens with one attached hydrogen (secondary N) is 1. The lowest BCUT2D eigenvalue weighted by Crippen LogP contribution is -2.36. The Morgan fingerprint density at radius 2 is 2.06 bits per heavy atom. The topological polar surface area (TPSA) is 119 Å². The lowest BCUT2D eigenvalue weighted by Gasteiger charge is -2.33. The van der Waals surface area contributed by atoms with Gasteiger partial charge in [0.2, 0.25) is 0 Å². The molecule has 1 aliphatic rings. The zero-order valence-corrected chi connectivity index (χ0v) is 18.2. The van der Waals surface area contributed by atoms with Crippen molar-refractivity contribution in [1.82, 2.24) is 25.5 Å². The molecule has 9 nitrogen and oxygen atoms in total. The molecular formula is C22H31N5O4. The molecule has 1 fully saturated rings. The zero-order valence-electron chi connectivity index (χ0n) is 18.2. The summed E-state index contributed by atoms with van der Waals surface area (Å²) in [5, 5.41) is 25.1. The van der Waals surface area contributed by atoms with E-state index in [1.807, 2.05) is 31.2 Å². The number of carbonyl (C=O) groups excluding carboxylic acids is 1. The average Bonchev–Trinajstić information content (AvgIpc) is 3.19. The minimum absolute atomic E-state index is 0.0634. The summed E-state index contributed by atoms with van der Waals surface area (Å²) in [7, 11) is 0. The van der Waals surface area contributed by atoms with Gasteiger partial charge in [-0.1, -0.05) is 49.1 Å². The molecule has 0 radical (unpaired) electrons. The Morgan fingerprint density at radius 1 is 1.29 bits per heavy atom. The molecule has 9 heteroatoms. The van der Waals surface area contributed by atoms with E-state index >= 15 is 0 Å². The highest BCUT2D eigenvalue weighted by Crippen LogP contribution is 2.36. The maximum absolute atomic E-state index is 12.1. The van der Waals surface area contributed by atoms with Crippen molar-refractivity contribution < 1.29 is 19.4 Å². The molecule has 2 unspecified atom stereocenters. The molecule has 1 aromatic carbocycles. The number of hydrogen-bond donors (Lipinski definition) is 2. The highest BCUT2D eigenvalue weighted by atomic mass is 16.5. The minimum Gasteiger partial charge on any atom is -0.481 e. The molecule has 0 amide bonds. The molecule has 1 aliphatic carbocycles. The van der Waals surface area contributed by atoms with Gasteiger partial charge in [-0.15, -0.1) is 5.10 Å². The summed E-state index contributed by atoms with van der Waals surface area (Å²) in [4.78, 5) is 23.7. The molecule has 2 aromatic rings. The summed E-state index contributed by atoms with van der Waals surface area (Å²) in [6, 6.07) is 7.18. The number of esters is 1. The third kappa shape index (κ3) is 6.33. The Labute approximate surface area is 182 Å². The summed E-state index contributed by atoms with van der Waals surface area (Å²) in [6.07, 6.45) is 5.33. The second kappa shape index (κ2) is 11.0. The lowest BCUT2D eigenvalue weighted by molar-refractivity contribution is -0.144. The largest absolute Gasteiger partial charge is 0.481 e. The van der Waals surface area contributed by atoms with Crippen molar-refractivity contribution in [3.05, 3.63) is 41.2 Å². The highest BCUT2D eigenvalue weighted by Gasteiger charge is 2.33. The molecule has 1 heterocycles. The molecule has 168 valence electrons. The van der Waals surface area contributed by atoms with Crippen LogP contribution in [0.4, 0.5) is 0 Å². The minimum atomic E-state index is -0.882. The second-order valence-corrected chi connectivity index (χ2v) is 8.11. The van der Waals surface area contributed by atoms with E-state index in [-0.39, 0.29) is 31.5 Å². The van der Waals surface area contributed by atoms with Crippen LogP contribution in [0.15, 0.2) is 24.3 Å². The van der Waals surface area contributed by atoms with E-state index in [4.69, 9.17) is 4.74 Å². The normalized spacial score (nSPS) is 16.6. The molecule has 1 saturated carbocycles. The Balaban J connectivity index is 1.92. The van der Waals surface area contributed by atoms with E-state index in [0.29, 0.717) is 5.82 Å². The second-order valence-electron chi connectivity index (χ2n) is 8.11. The summed E-state index contributed by atoms with van der Waals surface area (Å²) in [5.74, 6) is -0.489. The van der Waals surface area contributed by atoms with E-state index in [9.17, 15) is 14.7 Å². The van der Waals surface area contributed by atoms with Gasteiger partial charge in [-0.3, -0.25) is 14.9 Å². The molecule has 2 N–H and O–H groups in total. The SMILES string of the molecule is CCOC(=O)Cn1nnnc1C(NC(CC(=O)O)c1cccc(C)c1)C1CCCCC1. The Hall–Kier alpha value is -2.81. The summed E-state index contributed by atoms with van der Waals surface area (Å²) < 4.78 is 6.53. The van der Waals surface area contributed by atoms with Crippen LogP contribution in [-0.4, -0.2) is 43.9 Å². The Morgan fingerprint density at radius 3 is 2.74 bits per heavy atom. The number of aromatic nitrogens is 4. The van der Waals surface area contributed by atoms with Crippen LogP contribution in [0.1, 0.15) is 74.5 Å². The van der Waals surface area contributed by atoms with Gasteiger partial charge in [-0.25, -0.2) is 4.68 Å². The molecule has 0 spiro atoms. The van der Waals surface area contributed by atoms with Crippen LogP contribution >= 0.6 is 0 Å². The predicted molar refractivity (Wildman–Crippen MR) is 113 cm³/mol. The van der Waals surface area contributed by atoms with Crippen molar-refractivity contribution >= 4 is 11.9 Å². The molecule has 2 atom stereocenters. The monoisotopic (exact) mass is 429 g/mol. The first-order chi connectivity index (χ1) is 15.0. The quantitative estimate of drug-likeness (QED) is 0.553. The van der Waals surface area contributed by atoms with E-state index in [2.05, 4.69) is 20.8 Å². The van der Waals surface area contributed by atoms with Gasteiger partial charge in [-0.2, -0.15) is 0 Å². The van der Waals surface area contributed by atoms with Gasteiger partial charge in [0, 0.05) is 6.04 Å². The van der Waals surface area contributed by atoms with Crippen molar-refractivity contribution in [2.45, 2.75) is 71.0 Å². The van der Waals surface area contributed by atoms with Crippen LogP contribution in [-0.2, 0) is 20.9 Å². The van der Waals surface area contributed by atoms with Gasteiger partial charge in [0.1, 0.15) is 6.54 Å². The van der Waals surface area contributed by atoms with Crippen molar-refractivity contribution in [3.8, 4) is 0 Å². The van der Waals surface area contributed by atoms with Crippen LogP contribution in [0.5, 0.6) is 0 Å². The molecule has 3 rings (SSSR count). The number of aryl methyl sites for hydroxylation is 1. The first kappa shape index (κ1) is 22.9. The maximum Gasteiger partial charge on any atom is 0.327 e. The fourth-order valence-corrected chi connectivity index (χ4v) is 4.32. The predicted octanol–water partition coefficient (Wildman–Crippen LogP) is 2.97. The van der Waals surface area contributed by atoms with Crippen molar-refractivity contribution in [1.29, 1.82) is 0 Å². The summed E-state index contributed by atoms with van der Waals surface area (Å²) in [5.41, 5.74) is 1.98. The third-order valence-corrected chi connectivity index (χ3v) is 5.75. The van der Waals surface area contributed by atoms with Gasteiger partial charge < -0.3 is 9.84 Å². The van der Waals surface area contributed by atoms with Crippen molar-refractivity contribution in [2.75, 3.05) is 6.61 Å². The van der Waals surface area contributed by atoms with Crippen LogP contribution < -0.4 is 5.32 Å². The van der Waals surface area contributed by atoms with Crippen LogP contribution in [0.3, 0.4) is 0 Å². The number of aliphatic carboxylic acids is 1. The number of carboxylic acids is 1. The van der Waals surface area contributed by atoms with Crippen LogP contribution in [0.2, 0.25) is 0 Å². The Kier molecular flexibility index (Phi) is 8.11. The summed E-state index contributed by atoms with van der Waals surface area (Å²) >= 11 is 0. The number of hydrogen-bond acceptors (Lipinski definition) is 7. The molecule has 0 saturated heterocycles. The first-order valence-corrected chi connectivity index (χ1v) is 10.9. The van der Waals surface area contributed by atoms with E-state index in [0.717, 1.165) is 36.8 Å².